The van der Waals surface area contributed by atoms with Gasteiger partial charge < -0.3 is 10.6 Å². The Morgan fingerprint density at radius 2 is 1.89 bits per heavy atom. The van der Waals surface area contributed by atoms with Crippen LogP contribution in [-0.2, 0) is 16.0 Å². The van der Waals surface area contributed by atoms with E-state index in [-0.39, 0.29) is 24.8 Å². The molecular formula is C14H19FN2O2. The average molecular weight is 266 g/mol. The molecule has 0 aliphatic heterocycles. The molecule has 19 heavy (non-hydrogen) atoms. The quantitative estimate of drug-likeness (QED) is 0.733. The number of benzene rings is 1. The van der Waals surface area contributed by atoms with Crippen molar-refractivity contribution in [3.05, 3.63) is 35.6 Å². The Hall–Kier alpha value is -1.91. The zero-order chi connectivity index (χ0) is 14.1. The van der Waals surface area contributed by atoms with Crippen molar-refractivity contribution in [2.24, 2.45) is 0 Å². The second-order valence-electron chi connectivity index (χ2n) is 4.25. The van der Waals surface area contributed by atoms with Gasteiger partial charge in [0.05, 0.1) is 13.0 Å². The van der Waals surface area contributed by atoms with Crippen LogP contribution in [0.3, 0.4) is 0 Å². The average Bonchev–Trinajstić information content (AvgIpc) is 2.39. The van der Waals surface area contributed by atoms with E-state index >= 15 is 0 Å². The molecule has 0 radical (unpaired) electrons. The van der Waals surface area contributed by atoms with Crippen molar-refractivity contribution in [2.75, 3.05) is 13.1 Å². The number of unbranched alkanes of at least 4 members (excludes halogenated alkanes) is 1. The first kappa shape index (κ1) is 15.1. The molecule has 5 heteroatoms. The number of carbonyl (C=O) groups is 2. The molecule has 0 aliphatic carbocycles. The molecule has 0 saturated heterocycles. The van der Waals surface area contributed by atoms with Gasteiger partial charge in [0.1, 0.15) is 5.82 Å². The molecule has 0 spiro atoms. The fraction of sp³-hybridized carbons (Fsp3) is 0.429. The maximum Gasteiger partial charge on any atom is 0.239 e. The molecule has 0 aliphatic rings. The van der Waals surface area contributed by atoms with Crippen LogP contribution in [0.1, 0.15) is 25.3 Å². The zero-order valence-electron chi connectivity index (χ0n) is 11.0. The predicted octanol–water partition coefficient (Wildman–Crippen LogP) is 1.40. The molecular weight excluding hydrogens is 247 g/mol. The predicted molar refractivity (Wildman–Crippen MR) is 71.0 cm³/mol. The Morgan fingerprint density at radius 1 is 1.16 bits per heavy atom. The molecule has 4 nitrogen and oxygen atoms in total. The number of carbonyl (C=O) groups excluding carboxylic acids is 2. The second kappa shape index (κ2) is 8.24. The normalized spacial score (nSPS) is 10.0. The minimum Gasteiger partial charge on any atom is -0.355 e. The van der Waals surface area contributed by atoms with Crippen LogP contribution in [0.4, 0.5) is 4.39 Å². The molecule has 104 valence electrons. The minimum absolute atomic E-state index is 0.0606. The summed E-state index contributed by atoms with van der Waals surface area (Å²) in [5.74, 6) is -1.00. The number of rotatable bonds is 7. The van der Waals surface area contributed by atoms with E-state index in [1.54, 1.807) is 18.2 Å². The first-order chi connectivity index (χ1) is 9.13. The smallest absolute Gasteiger partial charge is 0.239 e. The highest BCUT2D eigenvalue weighted by molar-refractivity contribution is 5.85. The lowest BCUT2D eigenvalue weighted by Crippen LogP contribution is -2.37. The summed E-state index contributed by atoms with van der Waals surface area (Å²) in [5, 5.41) is 5.15. The minimum atomic E-state index is -0.412. The number of hydrogen-bond acceptors (Lipinski definition) is 2. The van der Waals surface area contributed by atoms with Gasteiger partial charge in [0.15, 0.2) is 0 Å². The van der Waals surface area contributed by atoms with Gasteiger partial charge in [0.25, 0.3) is 0 Å². The highest BCUT2D eigenvalue weighted by Gasteiger charge is 2.08. The van der Waals surface area contributed by atoms with Crippen LogP contribution in [0, 0.1) is 5.82 Å². The van der Waals surface area contributed by atoms with Crippen molar-refractivity contribution in [3.63, 3.8) is 0 Å². The van der Waals surface area contributed by atoms with Crippen molar-refractivity contribution in [1.29, 1.82) is 0 Å². The highest BCUT2D eigenvalue weighted by atomic mass is 19.1. The van der Waals surface area contributed by atoms with Crippen LogP contribution >= 0.6 is 0 Å². The summed E-state index contributed by atoms with van der Waals surface area (Å²) < 4.78 is 13.3. The molecule has 0 saturated carbocycles. The third kappa shape index (κ3) is 5.99. The number of halogens is 1. The first-order valence-corrected chi connectivity index (χ1v) is 6.40. The fourth-order valence-corrected chi connectivity index (χ4v) is 1.52. The number of amides is 2. The van der Waals surface area contributed by atoms with Crippen LogP contribution in [0.15, 0.2) is 24.3 Å². The third-order valence-corrected chi connectivity index (χ3v) is 2.61. The lowest BCUT2D eigenvalue weighted by molar-refractivity contribution is -0.125. The van der Waals surface area contributed by atoms with Crippen molar-refractivity contribution >= 4 is 11.8 Å². The number of nitrogens with one attached hydrogen (secondary N) is 2. The van der Waals surface area contributed by atoms with E-state index in [2.05, 4.69) is 10.6 Å². The highest BCUT2D eigenvalue weighted by Crippen LogP contribution is 2.06. The molecule has 0 aromatic heterocycles. The summed E-state index contributed by atoms with van der Waals surface area (Å²) in [4.78, 5) is 22.9. The molecule has 0 heterocycles. The maximum absolute atomic E-state index is 13.3. The molecule has 0 bridgehead atoms. The van der Waals surface area contributed by atoms with Crippen LogP contribution in [0.25, 0.3) is 0 Å². The topological polar surface area (TPSA) is 58.2 Å². The van der Waals surface area contributed by atoms with Gasteiger partial charge in [0, 0.05) is 6.54 Å². The first-order valence-electron chi connectivity index (χ1n) is 6.40. The van der Waals surface area contributed by atoms with Crippen LogP contribution in [0.5, 0.6) is 0 Å². The summed E-state index contributed by atoms with van der Waals surface area (Å²) in [6.45, 7) is 2.57. The van der Waals surface area contributed by atoms with Gasteiger partial charge in [-0.2, -0.15) is 0 Å². The zero-order valence-corrected chi connectivity index (χ0v) is 11.0. The number of hydrogen-bond donors (Lipinski definition) is 2. The SMILES string of the molecule is CCCCNC(=O)CNC(=O)Cc1ccccc1F. The van der Waals surface area contributed by atoms with E-state index < -0.39 is 5.82 Å². The van der Waals surface area contributed by atoms with Gasteiger partial charge in [-0.15, -0.1) is 0 Å². The largest absolute Gasteiger partial charge is 0.355 e. The van der Waals surface area contributed by atoms with Crippen LogP contribution < -0.4 is 10.6 Å². The van der Waals surface area contributed by atoms with E-state index in [1.807, 2.05) is 6.92 Å². The van der Waals surface area contributed by atoms with Gasteiger partial charge in [-0.3, -0.25) is 9.59 Å². The van der Waals surface area contributed by atoms with Crippen molar-refractivity contribution in [3.8, 4) is 0 Å². The maximum atomic E-state index is 13.3. The van der Waals surface area contributed by atoms with E-state index in [4.69, 9.17) is 0 Å². The Labute approximate surface area is 112 Å². The Bertz CT molecular complexity index is 435. The van der Waals surface area contributed by atoms with Gasteiger partial charge >= 0.3 is 0 Å². The van der Waals surface area contributed by atoms with Gasteiger partial charge in [-0.05, 0) is 18.1 Å². The lowest BCUT2D eigenvalue weighted by Gasteiger charge is -2.07. The molecule has 1 rings (SSSR count). The van der Waals surface area contributed by atoms with Gasteiger partial charge in [-0.25, -0.2) is 4.39 Å². The van der Waals surface area contributed by atoms with Crippen LogP contribution in [0.2, 0.25) is 0 Å². The Morgan fingerprint density at radius 3 is 2.58 bits per heavy atom. The summed E-state index contributed by atoms with van der Waals surface area (Å²) >= 11 is 0. The third-order valence-electron chi connectivity index (χ3n) is 2.61. The standard InChI is InChI=1S/C14H19FN2O2/c1-2-3-8-16-14(19)10-17-13(18)9-11-6-4-5-7-12(11)15/h4-7H,2-3,8-10H2,1H3,(H,16,19)(H,17,18). The van der Waals surface area contributed by atoms with E-state index in [9.17, 15) is 14.0 Å². The van der Waals surface area contributed by atoms with Crippen molar-refractivity contribution in [2.45, 2.75) is 26.2 Å². The van der Waals surface area contributed by atoms with Crippen LogP contribution in [-0.4, -0.2) is 24.9 Å². The molecule has 2 N–H and O–H groups in total. The van der Waals surface area contributed by atoms with Gasteiger partial charge in [-0.1, -0.05) is 31.5 Å². The lowest BCUT2D eigenvalue weighted by atomic mass is 10.1. The molecule has 0 unspecified atom stereocenters. The summed E-state index contributed by atoms with van der Waals surface area (Å²) in [7, 11) is 0. The van der Waals surface area contributed by atoms with E-state index in [1.165, 1.54) is 6.07 Å². The Balaban J connectivity index is 2.28. The molecule has 1 aromatic rings. The van der Waals surface area contributed by atoms with Crippen molar-refractivity contribution < 1.29 is 14.0 Å². The molecule has 0 fully saturated rings. The Kier molecular flexibility index (Phi) is 6.57. The fourth-order valence-electron chi connectivity index (χ4n) is 1.52. The second-order valence-corrected chi connectivity index (χ2v) is 4.25. The molecule has 1 aromatic carbocycles. The molecule has 0 atom stereocenters. The van der Waals surface area contributed by atoms with Gasteiger partial charge in [0.2, 0.25) is 11.8 Å². The molecule has 2 amide bonds. The van der Waals surface area contributed by atoms with Crippen molar-refractivity contribution in [1.82, 2.24) is 10.6 Å². The summed E-state index contributed by atoms with van der Waals surface area (Å²) in [6.07, 6.45) is 1.85. The monoisotopic (exact) mass is 266 g/mol. The van der Waals surface area contributed by atoms with E-state index in [0.717, 1.165) is 12.8 Å². The van der Waals surface area contributed by atoms with E-state index in [0.29, 0.717) is 12.1 Å². The summed E-state index contributed by atoms with van der Waals surface area (Å²) in [6, 6.07) is 6.09. The summed E-state index contributed by atoms with van der Waals surface area (Å²) in [5.41, 5.74) is 0.325.